The van der Waals surface area contributed by atoms with E-state index in [1.807, 2.05) is 0 Å². The average Bonchev–Trinajstić information content (AvgIpc) is 3.10. The van der Waals surface area contributed by atoms with Gasteiger partial charge in [-0.25, -0.2) is 5.43 Å². The lowest BCUT2D eigenvalue weighted by Crippen LogP contribution is -2.17. The molecule has 1 heterocycles. The summed E-state index contributed by atoms with van der Waals surface area (Å²) in [7, 11) is 0. The van der Waals surface area contributed by atoms with E-state index in [1.165, 1.54) is 24.4 Å². The zero-order valence-electron chi connectivity index (χ0n) is 13.6. The Kier molecular flexibility index (Phi) is 5.54. The summed E-state index contributed by atoms with van der Waals surface area (Å²) >= 11 is 12.0. The lowest BCUT2D eigenvalue weighted by molar-refractivity contribution is -0.384. The smallest absolute Gasteiger partial charge is 0.272 e. The number of non-ortho nitro benzene ring substituents is 1. The van der Waals surface area contributed by atoms with Crippen LogP contribution >= 0.6 is 23.2 Å². The Morgan fingerprint density at radius 2 is 1.89 bits per heavy atom. The van der Waals surface area contributed by atoms with Gasteiger partial charge in [0, 0.05) is 17.7 Å². The number of nitrogens with zero attached hydrogens (tertiary/aromatic N) is 2. The monoisotopic (exact) mass is 403 g/mol. The molecule has 0 saturated carbocycles. The summed E-state index contributed by atoms with van der Waals surface area (Å²) in [5.74, 6) is 0.194. The first-order valence-corrected chi connectivity index (χ1v) is 8.33. The zero-order chi connectivity index (χ0) is 19.4. The summed E-state index contributed by atoms with van der Waals surface area (Å²) in [5.41, 5.74) is 2.91. The number of hydrogen-bond acceptors (Lipinski definition) is 5. The van der Waals surface area contributed by atoms with Gasteiger partial charge in [-0.1, -0.05) is 35.3 Å². The largest absolute Gasteiger partial charge is 0.455 e. The van der Waals surface area contributed by atoms with E-state index in [0.29, 0.717) is 32.7 Å². The predicted octanol–water partition coefficient (Wildman–Crippen LogP) is 4.93. The van der Waals surface area contributed by atoms with Crippen LogP contribution in [0, 0.1) is 10.1 Å². The van der Waals surface area contributed by atoms with Crippen molar-refractivity contribution in [1.29, 1.82) is 0 Å². The molecule has 0 bridgehead atoms. The fourth-order valence-corrected chi connectivity index (χ4v) is 2.67. The summed E-state index contributed by atoms with van der Waals surface area (Å²) in [5, 5.41) is 15.3. The van der Waals surface area contributed by atoms with E-state index >= 15 is 0 Å². The molecule has 0 unspecified atom stereocenters. The number of benzene rings is 2. The molecule has 3 aromatic rings. The van der Waals surface area contributed by atoms with Crippen LogP contribution in [0.4, 0.5) is 5.69 Å². The van der Waals surface area contributed by atoms with Gasteiger partial charge in [-0.2, -0.15) is 5.10 Å². The molecule has 1 N–H and O–H groups in total. The summed E-state index contributed by atoms with van der Waals surface area (Å²) in [6.45, 7) is 0. The standard InChI is InChI=1S/C18H11Cl2N3O4/c19-15-4-2-1-3-13(15)18(24)22-21-10-12-6-8-17(27-12)14-9-11(23(25)26)5-7-16(14)20/h1-10H,(H,22,24)/b21-10-. The number of nitrogens with one attached hydrogen (secondary N) is 1. The molecule has 136 valence electrons. The molecule has 0 fully saturated rings. The number of nitro benzene ring substituents is 1. The van der Waals surface area contributed by atoms with Gasteiger partial charge in [0.1, 0.15) is 11.5 Å². The minimum atomic E-state index is -0.518. The second-order valence-electron chi connectivity index (χ2n) is 5.30. The Bertz CT molecular complexity index is 1050. The van der Waals surface area contributed by atoms with E-state index in [0.717, 1.165) is 0 Å². The molecule has 0 spiro atoms. The van der Waals surface area contributed by atoms with Crippen molar-refractivity contribution in [2.75, 3.05) is 0 Å². The highest BCUT2D eigenvalue weighted by Crippen LogP contribution is 2.32. The molecule has 3 rings (SSSR count). The fourth-order valence-electron chi connectivity index (χ4n) is 2.24. The highest BCUT2D eigenvalue weighted by atomic mass is 35.5. The van der Waals surface area contributed by atoms with Crippen LogP contribution in [-0.2, 0) is 0 Å². The Labute approximate surface area is 163 Å². The van der Waals surface area contributed by atoms with Crippen LogP contribution in [0.2, 0.25) is 10.0 Å². The van der Waals surface area contributed by atoms with E-state index in [9.17, 15) is 14.9 Å². The van der Waals surface area contributed by atoms with E-state index in [2.05, 4.69) is 10.5 Å². The molecule has 0 atom stereocenters. The number of furan rings is 1. The van der Waals surface area contributed by atoms with Gasteiger partial charge in [0.05, 0.1) is 26.7 Å². The van der Waals surface area contributed by atoms with Crippen molar-refractivity contribution < 1.29 is 14.1 Å². The molecule has 27 heavy (non-hydrogen) atoms. The quantitative estimate of drug-likeness (QED) is 0.371. The number of amides is 1. The van der Waals surface area contributed by atoms with E-state index in [-0.39, 0.29) is 5.69 Å². The van der Waals surface area contributed by atoms with Crippen LogP contribution in [0.3, 0.4) is 0 Å². The highest BCUT2D eigenvalue weighted by Gasteiger charge is 2.14. The summed E-state index contributed by atoms with van der Waals surface area (Å²) in [6.07, 6.45) is 1.30. The first-order chi connectivity index (χ1) is 13.0. The van der Waals surface area contributed by atoms with Crippen LogP contribution in [-0.4, -0.2) is 17.0 Å². The molecule has 9 heteroatoms. The summed E-state index contributed by atoms with van der Waals surface area (Å²) in [4.78, 5) is 22.4. The Morgan fingerprint density at radius 1 is 1.11 bits per heavy atom. The van der Waals surface area contributed by atoms with Gasteiger partial charge in [-0.05, 0) is 30.3 Å². The normalized spacial score (nSPS) is 10.9. The number of carbonyl (C=O) groups is 1. The van der Waals surface area contributed by atoms with Crippen LogP contribution in [0.1, 0.15) is 16.1 Å². The summed E-state index contributed by atoms with van der Waals surface area (Å²) in [6, 6.07) is 13.8. The second kappa shape index (κ2) is 8.03. The Balaban J connectivity index is 1.74. The topological polar surface area (TPSA) is 97.7 Å². The molecule has 1 amide bonds. The molecule has 0 aliphatic carbocycles. The first kappa shape index (κ1) is 18.6. The van der Waals surface area contributed by atoms with Gasteiger partial charge in [-0.3, -0.25) is 14.9 Å². The number of hydrogen-bond donors (Lipinski definition) is 1. The Hall–Kier alpha value is -3.16. The van der Waals surface area contributed by atoms with Gasteiger partial charge in [0.15, 0.2) is 0 Å². The number of carbonyl (C=O) groups excluding carboxylic acids is 1. The van der Waals surface area contributed by atoms with Crippen LogP contribution in [0.5, 0.6) is 0 Å². The zero-order valence-corrected chi connectivity index (χ0v) is 15.1. The number of halogens is 2. The number of rotatable bonds is 5. The van der Waals surface area contributed by atoms with Gasteiger partial charge in [-0.15, -0.1) is 0 Å². The second-order valence-corrected chi connectivity index (χ2v) is 6.12. The minimum absolute atomic E-state index is 0.104. The third-order valence-corrected chi connectivity index (χ3v) is 4.19. The molecule has 2 aromatic carbocycles. The fraction of sp³-hybridized carbons (Fsp3) is 0. The molecular weight excluding hydrogens is 393 g/mol. The van der Waals surface area contributed by atoms with Crippen LogP contribution in [0.25, 0.3) is 11.3 Å². The molecule has 0 saturated heterocycles. The first-order valence-electron chi connectivity index (χ1n) is 7.58. The minimum Gasteiger partial charge on any atom is -0.455 e. The number of nitro groups is 1. The van der Waals surface area contributed by atoms with Crippen LogP contribution in [0.15, 0.2) is 64.1 Å². The summed E-state index contributed by atoms with van der Waals surface area (Å²) < 4.78 is 5.56. The van der Waals surface area contributed by atoms with Crippen molar-refractivity contribution in [3.63, 3.8) is 0 Å². The average molecular weight is 404 g/mol. The third kappa shape index (κ3) is 4.33. The van der Waals surface area contributed by atoms with Gasteiger partial charge < -0.3 is 4.42 Å². The van der Waals surface area contributed by atoms with Crippen molar-refractivity contribution >= 4 is 41.0 Å². The van der Waals surface area contributed by atoms with Gasteiger partial charge in [0.25, 0.3) is 11.6 Å². The number of hydrazone groups is 1. The SMILES string of the molecule is O=C(N/N=C\c1ccc(-c2cc([N+](=O)[O-])ccc2Cl)o1)c1ccccc1Cl. The molecular formula is C18H11Cl2N3O4. The molecule has 7 nitrogen and oxygen atoms in total. The van der Waals surface area contributed by atoms with Crippen molar-refractivity contribution in [3.05, 3.63) is 86.1 Å². The Morgan fingerprint density at radius 3 is 2.63 bits per heavy atom. The van der Waals surface area contributed by atoms with Gasteiger partial charge >= 0.3 is 0 Å². The molecule has 0 aliphatic heterocycles. The molecule has 0 aliphatic rings. The molecule has 0 radical (unpaired) electrons. The lowest BCUT2D eigenvalue weighted by Gasteiger charge is -2.01. The van der Waals surface area contributed by atoms with Crippen molar-refractivity contribution in [2.24, 2.45) is 5.10 Å². The third-order valence-electron chi connectivity index (χ3n) is 3.53. The maximum absolute atomic E-state index is 12.0. The maximum Gasteiger partial charge on any atom is 0.272 e. The van der Waals surface area contributed by atoms with Gasteiger partial charge in [0.2, 0.25) is 0 Å². The maximum atomic E-state index is 12.0. The van der Waals surface area contributed by atoms with Crippen LogP contribution < -0.4 is 5.43 Å². The van der Waals surface area contributed by atoms with Crippen molar-refractivity contribution in [2.45, 2.75) is 0 Å². The van der Waals surface area contributed by atoms with E-state index < -0.39 is 10.8 Å². The lowest BCUT2D eigenvalue weighted by atomic mass is 10.1. The van der Waals surface area contributed by atoms with E-state index in [1.54, 1.807) is 36.4 Å². The highest BCUT2D eigenvalue weighted by molar-refractivity contribution is 6.34. The predicted molar refractivity (Wildman–Crippen MR) is 102 cm³/mol. The molecule has 1 aromatic heterocycles. The van der Waals surface area contributed by atoms with Crippen molar-refractivity contribution in [1.82, 2.24) is 5.43 Å². The van der Waals surface area contributed by atoms with Crippen molar-refractivity contribution in [3.8, 4) is 11.3 Å². The van der Waals surface area contributed by atoms with E-state index in [4.69, 9.17) is 27.6 Å².